The van der Waals surface area contributed by atoms with E-state index >= 15 is 0 Å². The molecule has 2 fully saturated rings. The van der Waals surface area contributed by atoms with Gasteiger partial charge in [0, 0.05) is 73.8 Å². The molecule has 240 valence electrons. The van der Waals surface area contributed by atoms with Crippen molar-refractivity contribution in [3.05, 3.63) is 58.4 Å². The van der Waals surface area contributed by atoms with E-state index in [1.165, 1.54) is 12.4 Å². The summed E-state index contributed by atoms with van der Waals surface area (Å²) in [6.07, 6.45) is 6.99. The van der Waals surface area contributed by atoms with Crippen LogP contribution in [0.2, 0.25) is 5.02 Å². The van der Waals surface area contributed by atoms with E-state index in [2.05, 4.69) is 37.8 Å². The number of ether oxygens (including phenoxy) is 1. The molecule has 1 spiro atoms. The van der Waals surface area contributed by atoms with E-state index in [1.54, 1.807) is 20.4 Å². The van der Waals surface area contributed by atoms with Gasteiger partial charge in [-0.15, -0.1) is 0 Å². The highest BCUT2D eigenvalue weighted by molar-refractivity contribution is 7.70. The first-order valence-corrected chi connectivity index (χ1v) is 18.1. The number of hydrogen-bond acceptors (Lipinski definition) is 10. The van der Waals surface area contributed by atoms with Crippen molar-refractivity contribution in [3.63, 3.8) is 0 Å². The van der Waals surface area contributed by atoms with Crippen LogP contribution in [0.3, 0.4) is 0 Å². The molecule has 2 saturated heterocycles. The van der Waals surface area contributed by atoms with E-state index in [0.717, 1.165) is 72.3 Å². The van der Waals surface area contributed by atoms with Gasteiger partial charge in [-0.3, -0.25) is 0 Å². The Bertz CT molecular complexity index is 1670. The molecule has 4 N–H and O–H groups in total. The first-order valence-electron chi connectivity index (χ1n) is 15.1. The summed E-state index contributed by atoms with van der Waals surface area (Å²) in [4.78, 5) is 13.9. The number of likely N-dealkylation sites (tertiary alicyclic amines) is 1. The quantitative estimate of drug-likeness (QED) is 0.150. The van der Waals surface area contributed by atoms with Crippen molar-refractivity contribution in [2.45, 2.75) is 26.7 Å². The van der Waals surface area contributed by atoms with Gasteiger partial charge in [-0.1, -0.05) is 17.7 Å². The first kappa shape index (κ1) is 32.8. The molecule has 2 aromatic carbocycles. The van der Waals surface area contributed by atoms with E-state index in [1.807, 2.05) is 51.4 Å². The van der Waals surface area contributed by atoms with Crippen LogP contribution in [0.15, 0.2) is 36.7 Å². The third-order valence-electron chi connectivity index (χ3n) is 8.94. The molecule has 2 aliphatic rings. The largest absolute Gasteiger partial charge is 0.494 e. The number of nitrogens with one attached hydrogen (secondary N) is 4. The first-order chi connectivity index (χ1) is 21.4. The summed E-state index contributed by atoms with van der Waals surface area (Å²) in [6.45, 7) is 11.7. The molecule has 3 aromatic rings. The molecule has 0 atom stereocenters. The molecule has 10 nitrogen and oxygen atoms in total. The van der Waals surface area contributed by atoms with Crippen LogP contribution in [0, 0.1) is 24.7 Å². The average molecular weight is 651 g/mol. The maximum absolute atomic E-state index is 13.3. The van der Waals surface area contributed by atoms with Crippen LogP contribution in [-0.2, 0) is 4.57 Å². The van der Waals surface area contributed by atoms with Gasteiger partial charge in [0.2, 0.25) is 5.95 Å². The second kappa shape index (κ2) is 13.0. The van der Waals surface area contributed by atoms with Crippen LogP contribution >= 0.6 is 18.7 Å². The average Bonchev–Trinajstić information content (AvgIpc) is 2.98. The molecular weight excluding hydrogens is 607 g/mol. The SMILES string of the molecule is CN/C=C(\C=N)c1cc(Nc2ncc(Cl)c(Nc3ccc(C)c(C)c3P(C)(C)=O)n2)c(OC)cc1N1CCC2(CC1)CN(C)C2. The van der Waals surface area contributed by atoms with Gasteiger partial charge in [-0.05, 0) is 75.7 Å². The fourth-order valence-electron chi connectivity index (χ4n) is 6.68. The van der Waals surface area contributed by atoms with Crippen molar-refractivity contribution >= 4 is 64.7 Å². The lowest BCUT2D eigenvalue weighted by Crippen LogP contribution is -2.58. The van der Waals surface area contributed by atoms with Crippen LogP contribution in [0.4, 0.5) is 28.8 Å². The molecule has 3 heterocycles. The second-order valence-electron chi connectivity index (χ2n) is 12.7. The summed E-state index contributed by atoms with van der Waals surface area (Å²) in [5, 5.41) is 19.0. The minimum atomic E-state index is -2.62. The molecule has 0 aliphatic carbocycles. The van der Waals surface area contributed by atoms with E-state index in [0.29, 0.717) is 39.3 Å². The highest BCUT2D eigenvalue weighted by Gasteiger charge is 2.43. The van der Waals surface area contributed by atoms with Gasteiger partial charge < -0.3 is 40.5 Å². The highest BCUT2D eigenvalue weighted by atomic mass is 35.5. The molecule has 12 heteroatoms. The summed E-state index contributed by atoms with van der Waals surface area (Å²) in [5.41, 5.74) is 6.49. The molecule has 45 heavy (non-hydrogen) atoms. The van der Waals surface area contributed by atoms with Crippen molar-refractivity contribution < 1.29 is 9.30 Å². The molecular formula is C33H44ClN8O2P. The number of hydrogen-bond donors (Lipinski definition) is 4. The fourth-order valence-corrected chi connectivity index (χ4v) is 8.51. The van der Waals surface area contributed by atoms with Gasteiger partial charge in [0.15, 0.2) is 5.82 Å². The maximum atomic E-state index is 13.3. The summed E-state index contributed by atoms with van der Waals surface area (Å²) in [7, 11) is 3.04. The van der Waals surface area contributed by atoms with Gasteiger partial charge in [0.05, 0.1) is 24.7 Å². The van der Waals surface area contributed by atoms with Crippen LogP contribution in [0.1, 0.15) is 29.5 Å². The molecule has 0 bridgehead atoms. The van der Waals surface area contributed by atoms with Gasteiger partial charge in [0.25, 0.3) is 0 Å². The Labute approximate surface area is 271 Å². The Hall–Kier alpha value is -3.59. The molecule has 5 rings (SSSR count). The number of benzene rings is 2. The van der Waals surface area contributed by atoms with Crippen molar-refractivity contribution in [1.29, 1.82) is 5.41 Å². The van der Waals surface area contributed by atoms with Gasteiger partial charge in [-0.25, -0.2) is 4.98 Å². The number of nitrogens with zero attached hydrogens (tertiary/aromatic N) is 4. The monoisotopic (exact) mass is 650 g/mol. The molecule has 0 amide bonds. The van der Waals surface area contributed by atoms with E-state index < -0.39 is 7.14 Å². The van der Waals surface area contributed by atoms with Crippen LogP contribution in [0.25, 0.3) is 5.57 Å². The summed E-state index contributed by atoms with van der Waals surface area (Å²) < 4.78 is 19.1. The molecule has 0 radical (unpaired) electrons. The molecule has 0 saturated carbocycles. The zero-order chi connectivity index (χ0) is 32.5. The number of piperidine rings is 1. The number of rotatable bonds is 10. The number of methoxy groups -OCH3 is 1. The summed E-state index contributed by atoms with van der Waals surface area (Å²) >= 11 is 6.56. The van der Waals surface area contributed by atoms with Crippen molar-refractivity contribution in [1.82, 2.24) is 20.2 Å². The highest BCUT2D eigenvalue weighted by Crippen LogP contribution is 2.44. The lowest BCUT2D eigenvalue weighted by molar-refractivity contribution is 0.00131. The van der Waals surface area contributed by atoms with Crippen molar-refractivity contribution in [2.75, 3.05) is 76.2 Å². The number of aryl methyl sites for hydroxylation is 1. The van der Waals surface area contributed by atoms with Crippen LogP contribution in [-0.4, -0.2) is 81.8 Å². The lowest BCUT2D eigenvalue weighted by atomic mass is 9.72. The summed E-state index contributed by atoms with van der Waals surface area (Å²) in [5.74, 6) is 1.33. The molecule has 1 aromatic heterocycles. The lowest BCUT2D eigenvalue weighted by Gasteiger charge is -2.53. The Balaban J connectivity index is 1.49. The van der Waals surface area contributed by atoms with Crippen LogP contribution in [0.5, 0.6) is 5.75 Å². The third-order valence-corrected chi connectivity index (χ3v) is 10.9. The zero-order valence-corrected chi connectivity index (χ0v) is 28.9. The van der Waals surface area contributed by atoms with E-state index in [4.69, 9.17) is 26.7 Å². The topological polar surface area (TPSA) is 118 Å². The molecule has 2 aliphatic heterocycles. The number of anilines is 5. The minimum Gasteiger partial charge on any atom is -0.494 e. The van der Waals surface area contributed by atoms with E-state index in [9.17, 15) is 4.57 Å². The van der Waals surface area contributed by atoms with Gasteiger partial charge in [0.1, 0.15) is 17.9 Å². The standard InChI is InChI=1S/C33H44ClN8O2P/c1-21-8-9-26(30(22(21)2)45(6,7)43)38-31-25(34)18-37-32(40-31)39-27-14-24(23(16-35)17-36-3)28(15-29(27)44-5)42-12-10-33(11-13-42)19-41(4)20-33/h8-9,14-18,35-36H,10-13,19-20H2,1-7H3,(H2,37,38,39,40)/b23-17+,35-16?. The Morgan fingerprint density at radius 3 is 2.44 bits per heavy atom. The number of aromatic nitrogens is 2. The smallest absolute Gasteiger partial charge is 0.229 e. The fraction of sp³-hybridized carbons (Fsp3) is 0.424. The third kappa shape index (κ3) is 6.83. The minimum absolute atomic E-state index is 0.309. The molecule has 0 unspecified atom stereocenters. The number of halogens is 1. The predicted molar refractivity (Wildman–Crippen MR) is 189 cm³/mol. The van der Waals surface area contributed by atoms with Crippen molar-refractivity contribution in [3.8, 4) is 5.75 Å². The Morgan fingerprint density at radius 1 is 1.13 bits per heavy atom. The van der Waals surface area contributed by atoms with Gasteiger partial charge >= 0.3 is 0 Å². The summed E-state index contributed by atoms with van der Waals surface area (Å²) in [6, 6.07) is 7.92. The van der Waals surface area contributed by atoms with Gasteiger partial charge in [-0.2, -0.15) is 4.98 Å². The Kier molecular flexibility index (Phi) is 9.49. The predicted octanol–water partition coefficient (Wildman–Crippen LogP) is 6.23. The van der Waals surface area contributed by atoms with Crippen molar-refractivity contribution in [2.24, 2.45) is 5.41 Å². The Morgan fingerprint density at radius 2 is 1.84 bits per heavy atom. The maximum Gasteiger partial charge on any atom is 0.229 e. The number of allylic oxidation sites excluding steroid dienone is 1. The zero-order valence-electron chi connectivity index (χ0n) is 27.2. The second-order valence-corrected chi connectivity index (χ2v) is 16.2. The van der Waals surface area contributed by atoms with Crippen LogP contribution < -0.4 is 30.9 Å². The normalized spacial score (nSPS) is 16.7. The van der Waals surface area contributed by atoms with E-state index in [-0.39, 0.29) is 0 Å².